The van der Waals surface area contributed by atoms with E-state index in [1.54, 1.807) is 25.7 Å². The van der Waals surface area contributed by atoms with Crippen molar-refractivity contribution in [1.82, 2.24) is 9.55 Å². The first kappa shape index (κ1) is 12.8. The molecule has 0 saturated heterocycles. The maximum Gasteiger partial charge on any atom is 0.138 e. The third kappa shape index (κ3) is 3.40. The highest BCUT2D eigenvalue weighted by Crippen LogP contribution is 2.28. The van der Waals surface area contributed by atoms with Crippen LogP contribution in [0.1, 0.15) is 6.42 Å². The first-order valence-corrected chi connectivity index (χ1v) is 6.09. The Labute approximate surface area is 111 Å². The number of ether oxygens (including phenoxy) is 2. The summed E-state index contributed by atoms with van der Waals surface area (Å²) in [4.78, 5) is 3.98. The Morgan fingerprint density at radius 3 is 2.94 bits per heavy atom. The van der Waals surface area contributed by atoms with E-state index in [0.717, 1.165) is 18.7 Å². The predicted octanol–water partition coefficient (Wildman–Crippen LogP) is 3.01. The molecular formula is C13H15ClN2O2. The van der Waals surface area contributed by atoms with Gasteiger partial charge in [0.2, 0.25) is 0 Å². The topological polar surface area (TPSA) is 36.3 Å². The Morgan fingerprint density at radius 2 is 2.28 bits per heavy atom. The standard InChI is InChI=1S/C13H15ClN2O2/c1-17-11-3-4-13(12(14)9-11)18-8-2-6-16-7-5-15-10-16/h3-5,7,9-10H,2,6,8H2,1H3. The number of aromatic nitrogens is 2. The average molecular weight is 267 g/mol. The van der Waals surface area contributed by atoms with Crippen LogP contribution in [0.5, 0.6) is 11.5 Å². The maximum atomic E-state index is 6.07. The summed E-state index contributed by atoms with van der Waals surface area (Å²) in [6.07, 6.45) is 6.39. The van der Waals surface area contributed by atoms with Crippen LogP contribution in [0.15, 0.2) is 36.9 Å². The fourth-order valence-electron chi connectivity index (χ4n) is 1.57. The summed E-state index contributed by atoms with van der Waals surface area (Å²) >= 11 is 6.07. The Bertz CT molecular complexity index is 486. The molecule has 0 unspecified atom stereocenters. The average Bonchev–Trinajstić information content (AvgIpc) is 2.89. The number of aryl methyl sites for hydroxylation is 1. The minimum absolute atomic E-state index is 0.567. The van der Waals surface area contributed by atoms with Crippen molar-refractivity contribution in [2.75, 3.05) is 13.7 Å². The Hall–Kier alpha value is -1.68. The molecule has 1 aromatic carbocycles. The first-order valence-electron chi connectivity index (χ1n) is 5.71. The van der Waals surface area contributed by atoms with E-state index in [1.807, 2.05) is 22.9 Å². The fourth-order valence-corrected chi connectivity index (χ4v) is 1.80. The molecule has 0 fully saturated rings. The van der Waals surface area contributed by atoms with E-state index in [9.17, 15) is 0 Å². The predicted molar refractivity (Wildman–Crippen MR) is 70.3 cm³/mol. The number of rotatable bonds is 6. The Morgan fingerprint density at radius 1 is 1.39 bits per heavy atom. The normalized spacial score (nSPS) is 10.3. The summed E-state index contributed by atoms with van der Waals surface area (Å²) in [6.45, 7) is 1.50. The molecule has 0 aliphatic carbocycles. The van der Waals surface area contributed by atoms with Gasteiger partial charge in [-0.15, -0.1) is 0 Å². The Kier molecular flexibility index (Phi) is 4.47. The second-order valence-corrected chi connectivity index (χ2v) is 4.21. The zero-order valence-corrected chi connectivity index (χ0v) is 10.9. The SMILES string of the molecule is COc1ccc(OCCCn2ccnc2)c(Cl)c1. The van der Waals surface area contributed by atoms with Crippen molar-refractivity contribution in [2.45, 2.75) is 13.0 Å². The van der Waals surface area contributed by atoms with Crippen molar-refractivity contribution in [3.05, 3.63) is 41.9 Å². The van der Waals surface area contributed by atoms with Crippen LogP contribution in [0.25, 0.3) is 0 Å². The van der Waals surface area contributed by atoms with Crippen LogP contribution in [0.4, 0.5) is 0 Å². The van der Waals surface area contributed by atoms with Crippen molar-refractivity contribution in [1.29, 1.82) is 0 Å². The molecule has 18 heavy (non-hydrogen) atoms. The molecule has 0 amide bonds. The van der Waals surface area contributed by atoms with Gasteiger partial charge in [-0.05, 0) is 18.6 Å². The molecule has 1 heterocycles. The van der Waals surface area contributed by atoms with Gasteiger partial charge in [-0.1, -0.05) is 11.6 Å². The lowest BCUT2D eigenvalue weighted by molar-refractivity contribution is 0.301. The van der Waals surface area contributed by atoms with E-state index in [1.165, 1.54) is 0 Å². The first-order chi connectivity index (χ1) is 8.79. The highest BCUT2D eigenvalue weighted by Gasteiger charge is 2.03. The number of imidazole rings is 1. The van der Waals surface area contributed by atoms with E-state index in [-0.39, 0.29) is 0 Å². The molecule has 0 saturated carbocycles. The highest BCUT2D eigenvalue weighted by atomic mass is 35.5. The molecule has 0 aliphatic heterocycles. The van der Waals surface area contributed by atoms with Crippen molar-refractivity contribution < 1.29 is 9.47 Å². The van der Waals surface area contributed by atoms with E-state index in [0.29, 0.717) is 17.4 Å². The van der Waals surface area contributed by atoms with Crippen molar-refractivity contribution >= 4 is 11.6 Å². The molecule has 0 radical (unpaired) electrons. The van der Waals surface area contributed by atoms with Crippen molar-refractivity contribution in [3.63, 3.8) is 0 Å². The number of benzene rings is 1. The summed E-state index contributed by atoms with van der Waals surface area (Å²) in [5.74, 6) is 1.41. The van der Waals surface area contributed by atoms with Crippen LogP contribution in [0.3, 0.4) is 0 Å². The van der Waals surface area contributed by atoms with Gasteiger partial charge in [0, 0.05) is 25.0 Å². The molecule has 2 rings (SSSR count). The lowest BCUT2D eigenvalue weighted by Crippen LogP contribution is -2.03. The van der Waals surface area contributed by atoms with E-state index >= 15 is 0 Å². The summed E-state index contributed by atoms with van der Waals surface area (Å²) in [5.41, 5.74) is 0. The van der Waals surface area contributed by atoms with Gasteiger partial charge in [-0.2, -0.15) is 0 Å². The maximum absolute atomic E-state index is 6.07. The van der Waals surface area contributed by atoms with Gasteiger partial charge in [0.05, 0.1) is 25.1 Å². The molecule has 4 nitrogen and oxygen atoms in total. The molecule has 0 atom stereocenters. The number of nitrogens with zero attached hydrogens (tertiary/aromatic N) is 2. The fraction of sp³-hybridized carbons (Fsp3) is 0.308. The van der Waals surface area contributed by atoms with Gasteiger partial charge in [0.25, 0.3) is 0 Å². The Balaban J connectivity index is 1.79. The summed E-state index contributed by atoms with van der Waals surface area (Å²) in [6, 6.07) is 5.39. The third-order valence-corrected chi connectivity index (χ3v) is 2.81. The van der Waals surface area contributed by atoms with E-state index in [2.05, 4.69) is 4.98 Å². The second-order valence-electron chi connectivity index (χ2n) is 3.80. The summed E-state index contributed by atoms with van der Waals surface area (Å²) < 4.78 is 12.7. The van der Waals surface area contributed by atoms with Crippen LogP contribution in [0, 0.1) is 0 Å². The van der Waals surface area contributed by atoms with Gasteiger partial charge in [-0.3, -0.25) is 0 Å². The number of methoxy groups -OCH3 is 1. The van der Waals surface area contributed by atoms with Gasteiger partial charge in [-0.25, -0.2) is 4.98 Å². The minimum Gasteiger partial charge on any atom is -0.497 e. The van der Waals surface area contributed by atoms with Gasteiger partial charge < -0.3 is 14.0 Å². The van der Waals surface area contributed by atoms with E-state index < -0.39 is 0 Å². The van der Waals surface area contributed by atoms with Gasteiger partial charge in [0.15, 0.2) is 0 Å². The van der Waals surface area contributed by atoms with Gasteiger partial charge >= 0.3 is 0 Å². The second kappa shape index (κ2) is 6.31. The van der Waals surface area contributed by atoms with Gasteiger partial charge in [0.1, 0.15) is 11.5 Å². The molecule has 96 valence electrons. The molecule has 1 aromatic heterocycles. The lowest BCUT2D eigenvalue weighted by Gasteiger charge is -2.09. The molecule has 5 heteroatoms. The van der Waals surface area contributed by atoms with Crippen LogP contribution in [-0.2, 0) is 6.54 Å². The van der Waals surface area contributed by atoms with Crippen LogP contribution < -0.4 is 9.47 Å². The number of hydrogen-bond donors (Lipinski definition) is 0. The molecule has 0 bridgehead atoms. The number of halogens is 1. The largest absolute Gasteiger partial charge is 0.497 e. The molecule has 0 N–H and O–H groups in total. The zero-order valence-electron chi connectivity index (χ0n) is 10.2. The lowest BCUT2D eigenvalue weighted by atomic mass is 10.3. The van der Waals surface area contributed by atoms with Crippen molar-refractivity contribution in [3.8, 4) is 11.5 Å². The quantitative estimate of drug-likeness (QED) is 0.754. The molecule has 2 aromatic rings. The van der Waals surface area contributed by atoms with Crippen LogP contribution in [0.2, 0.25) is 5.02 Å². The van der Waals surface area contributed by atoms with Crippen LogP contribution >= 0.6 is 11.6 Å². The molecular weight excluding hydrogens is 252 g/mol. The van der Waals surface area contributed by atoms with E-state index in [4.69, 9.17) is 21.1 Å². The summed E-state index contributed by atoms with van der Waals surface area (Å²) in [7, 11) is 1.61. The van der Waals surface area contributed by atoms with Crippen LogP contribution in [-0.4, -0.2) is 23.3 Å². The monoisotopic (exact) mass is 266 g/mol. The number of hydrogen-bond acceptors (Lipinski definition) is 3. The third-order valence-electron chi connectivity index (χ3n) is 2.52. The zero-order chi connectivity index (χ0) is 12.8. The molecule has 0 aliphatic rings. The summed E-state index contributed by atoms with van der Waals surface area (Å²) in [5, 5.41) is 0.567. The van der Waals surface area contributed by atoms with Crippen molar-refractivity contribution in [2.24, 2.45) is 0 Å². The minimum atomic E-state index is 0.567. The highest BCUT2D eigenvalue weighted by molar-refractivity contribution is 6.32. The molecule has 0 spiro atoms. The smallest absolute Gasteiger partial charge is 0.138 e.